The Bertz CT molecular complexity index is 363. The normalized spacial score (nSPS) is 11.6. The van der Waals surface area contributed by atoms with Crippen LogP contribution in [0.3, 0.4) is 0 Å². The molecule has 1 rings (SSSR count). The summed E-state index contributed by atoms with van der Waals surface area (Å²) in [7, 11) is 0. The van der Waals surface area contributed by atoms with Gasteiger partial charge in [0.2, 0.25) is 0 Å². The maximum Gasteiger partial charge on any atom is 0.422 e. The van der Waals surface area contributed by atoms with Crippen LogP contribution >= 0.6 is 0 Å². The quantitative estimate of drug-likeness (QED) is 0.576. The highest BCUT2D eigenvalue weighted by Gasteiger charge is 2.29. The van der Waals surface area contributed by atoms with Crippen molar-refractivity contribution in [2.75, 3.05) is 6.61 Å². The monoisotopic (exact) mass is 231 g/mol. The molecule has 0 spiro atoms. The van der Waals surface area contributed by atoms with Crippen molar-refractivity contribution < 1.29 is 31.1 Å². The Morgan fingerprint density at radius 1 is 1.13 bits per heavy atom. The molecule has 1 aromatic rings. The summed E-state index contributed by atoms with van der Waals surface area (Å²) in [4.78, 5) is 2.54. The van der Waals surface area contributed by atoms with Crippen molar-refractivity contribution >= 4 is 0 Å². The topological polar surface area (TPSA) is 22.1 Å². The first-order chi connectivity index (χ1) is 6.79. The summed E-state index contributed by atoms with van der Waals surface area (Å²) in [6.45, 7) is -1.83. The highest BCUT2D eigenvalue weighted by Crippen LogP contribution is 2.20. The summed E-state index contributed by atoms with van der Waals surface area (Å²) in [6.07, 6.45) is -4.71. The number of hydrogen-bond acceptors (Lipinski definition) is 2. The van der Waals surface area contributed by atoms with Crippen LogP contribution in [0.15, 0.2) is 6.07 Å². The SMILES string of the molecule is Fc1cc(F)c(OCC(F)(F)F)nc1F. The second kappa shape index (κ2) is 3.95. The van der Waals surface area contributed by atoms with E-state index in [-0.39, 0.29) is 6.07 Å². The molecule has 15 heavy (non-hydrogen) atoms. The number of alkyl halides is 3. The van der Waals surface area contributed by atoms with E-state index >= 15 is 0 Å². The van der Waals surface area contributed by atoms with Gasteiger partial charge in [0.05, 0.1) is 0 Å². The van der Waals surface area contributed by atoms with E-state index in [1.807, 2.05) is 0 Å². The lowest BCUT2D eigenvalue weighted by atomic mass is 10.4. The van der Waals surface area contributed by atoms with Gasteiger partial charge in [0.25, 0.3) is 11.8 Å². The van der Waals surface area contributed by atoms with Gasteiger partial charge in [-0.1, -0.05) is 0 Å². The van der Waals surface area contributed by atoms with Gasteiger partial charge in [-0.05, 0) is 0 Å². The zero-order chi connectivity index (χ0) is 11.6. The van der Waals surface area contributed by atoms with Crippen LogP contribution in [0.1, 0.15) is 0 Å². The Hall–Kier alpha value is -1.47. The predicted molar refractivity (Wildman–Crippen MR) is 35.7 cm³/mol. The summed E-state index contributed by atoms with van der Waals surface area (Å²) in [5.74, 6) is -6.06. The van der Waals surface area contributed by atoms with Gasteiger partial charge in [-0.25, -0.2) is 8.78 Å². The fourth-order valence-electron chi connectivity index (χ4n) is 0.680. The van der Waals surface area contributed by atoms with E-state index in [0.717, 1.165) is 0 Å². The lowest BCUT2D eigenvalue weighted by Crippen LogP contribution is -2.20. The van der Waals surface area contributed by atoms with Crippen LogP contribution in [0.4, 0.5) is 26.3 Å². The molecule has 0 aliphatic heterocycles. The number of hydrogen-bond donors (Lipinski definition) is 0. The van der Waals surface area contributed by atoms with Crippen LogP contribution in [-0.2, 0) is 0 Å². The van der Waals surface area contributed by atoms with Gasteiger partial charge < -0.3 is 4.74 Å². The van der Waals surface area contributed by atoms with Crippen LogP contribution in [0.5, 0.6) is 5.88 Å². The molecular formula is C7H3F6NO. The zero-order valence-corrected chi connectivity index (χ0v) is 6.91. The third kappa shape index (κ3) is 3.30. The minimum Gasteiger partial charge on any atom is -0.466 e. The van der Waals surface area contributed by atoms with Gasteiger partial charge in [0, 0.05) is 6.07 Å². The lowest BCUT2D eigenvalue weighted by Gasteiger charge is -2.08. The molecule has 0 aromatic carbocycles. The minimum absolute atomic E-state index is 0.0496. The van der Waals surface area contributed by atoms with Crippen LogP contribution < -0.4 is 4.74 Å². The van der Waals surface area contributed by atoms with Crippen molar-refractivity contribution in [3.05, 3.63) is 23.6 Å². The lowest BCUT2D eigenvalue weighted by molar-refractivity contribution is -0.154. The first-order valence-electron chi connectivity index (χ1n) is 3.50. The smallest absolute Gasteiger partial charge is 0.422 e. The third-order valence-electron chi connectivity index (χ3n) is 1.23. The molecule has 0 unspecified atom stereocenters. The molecule has 0 atom stereocenters. The Balaban J connectivity index is 2.82. The number of ether oxygens (including phenoxy) is 1. The molecule has 0 aliphatic rings. The highest BCUT2D eigenvalue weighted by molar-refractivity contribution is 5.15. The van der Waals surface area contributed by atoms with Gasteiger partial charge in [-0.2, -0.15) is 22.5 Å². The Morgan fingerprint density at radius 2 is 1.73 bits per heavy atom. The van der Waals surface area contributed by atoms with Gasteiger partial charge in [0.15, 0.2) is 18.2 Å². The average Bonchev–Trinajstić information content (AvgIpc) is 2.07. The molecule has 0 saturated heterocycles. The van der Waals surface area contributed by atoms with Crippen LogP contribution in [-0.4, -0.2) is 17.8 Å². The summed E-state index contributed by atoms with van der Waals surface area (Å²) < 4.78 is 75.9. The van der Waals surface area contributed by atoms with Gasteiger partial charge in [0.1, 0.15) is 0 Å². The molecule has 2 nitrogen and oxygen atoms in total. The maximum atomic E-state index is 12.6. The van der Waals surface area contributed by atoms with E-state index in [2.05, 4.69) is 9.72 Å². The number of nitrogens with zero attached hydrogens (tertiary/aromatic N) is 1. The van der Waals surface area contributed by atoms with Crippen LogP contribution in [0.2, 0.25) is 0 Å². The second-order valence-corrected chi connectivity index (χ2v) is 2.45. The second-order valence-electron chi connectivity index (χ2n) is 2.45. The van der Waals surface area contributed by atoms with Crippen molar-refractivity contribution in [1.29, 1.82) is 0 Å². The van der Waals surface area contributed by atoms with Crippen LogP contribution in [0.25, 0.3) is 0 Å². The van der Waals surface area contributed by atoms with Gasteiger partial charge in [-0.3, -0.25) is 0 Å². The summed E-state index contributed by atoms with van der Waals surface area (Å²) >= 11 is 0. The van der Waals surface area contributed by atoms with E-state index in [1.54, 1.807) is 0 Å². The van der Waals surface area contributed by atoms with Crippen molar-refractivity contribution in [3.63, 3.8) is 0 Å². The molecule has 0 aliphatic carbocycles. The number of aromatic nitrogens is 1. The Labute approximate surface area is 79.5 Å². The van der Waals surface area contributed by atoms with E-state index in [9.17, 15) is 26.3 Å². The van der Waals surface area contributed by atoms with E-state index in [1.165, 1.54) is 0 Å². The van der Waals surface area contributed by atoms with Crippen molar-refractivity contribution in [3.8, 4) is 5.88 Å². The number of pyridine rings is 1. The Kier molecular flexibility index (Phi) is 3.06. The van der Waals surface area contributed by atoms with Gasteiger partial charge in [-0.15, -0.1) is 0 Å². The molecule has 0 N–H and O–H groups in total. The minimum atomic E-state index is -4.71. The predicted octanol–water partition coefficient (Wildman–Crippen LogP) is 2.44. The summed E-state index contributed by atoms with van der Waals surface area (Å²) in [6, 6.07) is 0.0496. The summed E-state index contributed by atoms with van der Waals surface area (Å²) in [5.41, 5.74) is 0. The molecule has 1 heterocycles. The van der Waals surface area contributed by atoms with Crippen molar-refractivity contribution in [2.45, 2.75) is 6.18 Å². The molecule has 0 radical (unpaired) electrons. The molecular weight excluding hydrogens is 228 g/mol. The van der Waals surface area contributed by atoms with E-state index in [4.69, 9.17) is 0 Å². The van der Waals surface area contributed by atoms with Crippen LogP contribution in [0, 0.1) is 17.6 Å². The fourth-order valence-corrected chi connectivity index (χ4v) is 0.680. The fraction of sp³-hybridized carbons (Fsp3) is 0.286. The molecule has 8 heteroatoms. The first-order valence-corrected chi connectivity index (χ1v) is 3.50. The molecule has 1 aromatic heterocycles. The van der Waals surface area contributed by atoms with E-state index < -0.39 is 36.2 Å². The number of halogens is 6. The summed E-state index contributed by atoms with van der Waals surface area (Å²) in [5, 5.41) is 0. The molecule has 0 bridgehead atoms. The molecule has 0 saturated carbocycles. The largest absolute Gasteiger partial charge is 0.466 e. The molecule has 0 amide bonds. The molecule has 84 valence electrons. The first kappa shape index (κ1) is 11.6. The van der Waals surface area contributed by atoms with Crippen molar-refractivity contribution in [1.82, 2.24) is 4.98 Å². The van der Waals surface area contributed by atoms with Crippen molar-refractivity contribution in [2.24, 2.45) is 0 Å². The molecule has 0 fully saturated rings. The van der Waals surface area contributed by atoms with Gasteiger partial charge >= 0.3 is 6.18 Å². The average molecular weight is 231 g/mol. The Morgan fingerprint density at radius 3 is 2.27 bits per heavy atom. The number of rotatable bonds is 2. The van der Waals surface area contributed by atoms with E-state index in [0.29, 0.717) is 0 Å². The highest BCUT2D eigenvalue weighted by atomic mass is 19.4. The third-order valence-corrected chi connectivity index (χ3v) is 1.23. The zero-order valence-electron chi connectivity index (χ0n) is 6.91. The maximum absolute atomic E-state index is 12.6. The standard InChI is InChI=1S/C7H3F6NO/c8-3-1-4(9)6(14-5(3)10)15-2-7(11,12)13/h1H,2H2.